The van der Waals surface area contributed by atoms with Crippen LogP contribution >= 0.6 is 0 Å². The highest BCUT2D eigenvalue weighted by atomic mass is 32.2. The molecule has 4 N–H and O–H groups in total. The molecule has 0 saturated carbocycles. The highest BCUT2D eigenvalue weighted by Crippen LogP contribution is 2.27. The average molecular weight is 314 g/mol. The predicted octanol–water partition coefficient (Wildman–Crippen LogP) is -0.772. The summed E-state index contributed by atoms with van der Waals surface area (Å²) in [5, 5.41) is 8.93. The van der Waals surface area contributed by atoms with Crippen LogP contribution in [0.15, 0.2) is 23.1 Å². The Kier molecular flexibility index (Phi) is 4.14. The number of sulfonamides is 1. The molecule has 0 aromatic heterocycles. The van der Waals surface area contributed by atoms with E-state index in [4.69, 9.17) is 15.6 Å². The summed E-state index contributed by atoms with van der Waals surface area (Å²) in [5.74, 6) is -1.77. The first-order valence-electron chi connectivity index (χ1n) is 6.09. The quantitative estimate of drug-likeness (QED) is 0.630. The SMILES string of the molecule is NC(=O)CC(NS(=O)(=O)c1ccc2c(c1)CCO2)C(=O)O. The van der Waals surface area contributed by atoms with Crippen molar-refractivity contribution in [1.82, 2.24) is 4.72 Å². The van der Waals surface area contributed by atoms with E-state index in [-0.39, 0.29) is 4.90 Å². The van der Waals surface area contributed by atoms with E-state index in [0.29, 0.717) is 18.8 Å². The molecule has 0 saturated heterocycles. The Hall–Kier alpha value is -2.13. The summed E-state index contributed by atoms with van der Waals surface area (Å²) in [6.07, 6.45) is -0.0368. The van der Waals surface area contributed by atoms with Gasteiger partial charge in [-0.05, 0) is 23.8 Å². The molecular weight excluding hydrogens is 300 g/mol. The molecule has 0 bridgehead atoms. The molecular formula is C12H14N2O6S. The van der Waals surface area contributed by atoms with E-state index in [1.807, 2.05) is 4.72 Å². The van der Waals surface area contributed by atoms with Crippen LogP contribution in [0.1, 0.15) is 12.0 Å². The number of fused-ring (bicyclic) bond motifs is 1. The number of aliphatic carboxylic acids is 1. The zero-order chi connectivity index (χ0) is 15.6. The fourth-order valence-electron chi connectivity index (χ4n) is 1.97. The maximum Gasteiger partial charge on any atom is 0.322 e. The summed E-state index contributed by atoms with van der Waals surface area (Å²) in [6, 6.07) is 2.65. The summed E-state index contributed by atoms with van der Waals surface area (Å²) in [4.78, 5) is 21.7. The Morgan fingerprint density at radius 3 is 2.76 bits per heavy atom. The van der Waals surface area contributed by atoms with Crippen LogP contribution < -0.4 is 15.2 Å². The van der Waals surface area contributed by atoms with Gasteiger partial charge in [-0.2, -0.15) is 4.72 Å². The molecule has 1 aromatic carbocycles. The maximum atomic E-state index is 12.2. The minimum atomic E-state index is -4.07. The smallest absolute Gasteiger partial charge is 0.322 e. The third-order valence-corrected chi connectivity index (χ3v) is 4.44. The monoisotopic (exact) mass is 314 g/mol. The lowest BCUT2D eigenvalue weighted by molar-refractivity contribution is -0.140. The molecule has 1 atom stereocenters. The van der Waals surface area contributed by atoms with Crippen LogP contribution in [0.3, 0.4) is 0 Å². The van der Waals surface area contributed by atoms with Crippen molar-refractivity contribution < 1.29 is 27.9 Å². The number of ether oxygens (including phenoxy) is 1. The Bertz CT molecular complexity index is 685. The Morgan fingerprint density at radius 2 is 2.14 bits per heavy atom. The van der Waals surface area contributed by atoms with Gasteiger partial charge in [-0.25, -0.2) is 8.42 Å². The van der Waals surface area contributed by atoms with Gasteiger partial charge in [0.25, 0.3) is 0 Å². The predicted molar refractivity (Wildman–Crippen MR) is 71.2 cm³/mol. The van der Waals surface area contributed by atoms with E-state index >= 15 is 0 Å². The van der Waals surface area contributed by atoms with Crippen LogP contribution in [0, 0.1) is 0 Å². The Labute approximate surface area is 120 Å². The molecule has 1 heterocycles. The van der Waals surface area contributed by atoms with Crippen molar-refractivity contribution in [3.05, 3.63) is 23.8 Å². The molecule has 0 aliphatic carbocycles. The van der Waals surface area contributed by atoms with Gasteiger partial charge < -0.3 is 15.6 Å². The third kappa shape index (κ3) is 3.50. The molecule has 9 heteroatoms. The van der Waals surface area contributed by atoms with Crippen LogP contribution in [0.5, 0.6) is 5.75 Å². The molecule has 8 nitrogen and oxygen atoms in total. The summed E-state index contributed by atoms with van der Waals surface area (Å²) in [5.41, 5.74) is 5.64. The second-order valence-electron chi connectivity index (χ2n) is 4.55. The van der Waals surface area contributed by atoms with Gasteiger partial charge in [-0.3, -0.25) is 9.59 Å². The number of benzene rings is 1. The summed E-state index contributed by atoms with van der Waals surface area (Å²) in [6.45, 7) is 0.478. The number of carbonyl (C=O) groups is 2. The standard InChI is InChI=1S/C12H14N2O6S/c13-11(15)6-9(12(16)17)14-21(18,19)8-1-2-10-7(5-8)3-4-20-10/h1-2,5,9,14H,3-4,6H2,(H2,13,15)(H,16,17). The zero-order valence-corrected chi connectivity index (χ0v) is 11.7. The zero-order valence-electron chi connectivity index (χ0n) is 10.9. The highest BCUT2D eigenvalue weighted by Gasteiger charge is 2.27. The van der Waals surface area contributed by atoms with Crippen molar-refractivity contribution in [1.29, 1.82) is 0 Å². The van der Waals surface area contributed by atoms with E-state index in [9.17, 15) is 18.0 Å². The number of primary amides is 1. The van der Waals surface area contributed by atoms with Gasteiger partial charge in [0.15, 0.2) is 0 Å². The topological polar surface area (TPSA) is 136 Å². The van der Waals surface area contributed by atoms with Crippen molar-refractivity contribution in [2.24, 2.45) is 5.73 Å². The molecule has 114 valence electrons. The number of carboxylic acids is 1. The van der Waals surface area contributed by atoms with Crippen molar-refractivity contribution in [2.45, 2.75) is 23.8 Å². The van der Waals surface area contributed by atoms with Crippen LogP contribution in [-0.4, -0.2) is 38.0 Å². The van der Waals surface area contributed by atoms with Crippen LogP contribution in [0.25, 0.3) is 0 Å². The minimum absolute atomic E-state index is 0.0810. The number of rotatable bonds is 6. The largest absolute Gasteiger partial charge is 0.493 e. The lowest BCUT2D eigenvalue weighted by Crippen LogP contribution is -2.43. The van der Waals surface area contributed by atoms with E-state index in [0.717, 1.165) is 5.56 Å². The number of carboxylic acid groups (broad SMARTS) is 1. The van der Waals surface area contributed by atoms with E-state index in [1.165, 1.54) is 18.2 Å². The molecule has 1 aliphatic rings. The molecule has 0 radical (unpaired) electrons. The van der Waals surface area contributed by atoms with E-state index in [1.54, 1.807) is 0 Å². The summed E-state index contributed by atoms with van der Waals surface area (Å²) >= 11 is 0. The van der Waals surface area contributed by atoms with E-state index in [2.05, 4.69) is 0 Å². The van der Waals surface area contributed by atoms with Gasteiger partial charge in [-0.15, -0.1) is 0 Å². The molecule has 21 heavy (non-hydrogen) atoms. The minimum Gasteiger partial charge on any atom is -0.493 e. The first-order chi connectivity index (χ1) is 9.79. The fraction of sp³-hybridized carbons (Fsp3) is 0.333. The molecule has 1 aromatic rings. The summed E-state index contributed by atoms with van der Waals surface area (Å²) < 4.78 is 31.6. The molecule has 1 amide bonds. The number of nitrogens with one attached hydrogen (secondary N) is 1. The van der Waals surface area contributed by atoms with Crippen LogP contribution in [-0.2, 0) is 26.0 Å². The maximum absolute atomic E-state index is 12.2. The van der Waals surface area contributed by atoms with Crippen molar-refractivity contribution in [3.8, 4) is 5.75 Å². The third-order valence-electron chi connectivity index (χ3n) is 2.97. The van der Waals surface area contributed by atoms with E-state index < -0.39 is 34.4 Å². The second kappa shape index (κ2) is 5.70. The normalized spacial score (nSPS) is 15.0. The van der Waals surface area contributed by atoms with Crippen molar-refractivity contribution in [2.75, 3.05) is 6.61 Å². The van der Waals surface area contributed by atoms with Gasteiger partial charge in [0.2, 0.25) is 15.9 Å². The van der Waals surface area contributed by atoms with Crippen molar-refractivity contribution >= 4 is 21.9 Å². The molecule has 0 fully saturated rings. The number of carbonyl (C=O) groups excluding carboxylic acids is 1. The first kappa shape index (κ1) is 15.3. The Balaban J connectivity index is 2.24. The number of amides is 1. The van der Waals surface area contributed by atoms with Crippen molar-refractivity contribution in [3.63, 3.8) is 0 Å². The second-order valence-corrected chi connectivity index (χ2v) is 6.26. The van der Waals surface area contributed by atoms with Crippen LogP contribution in [0.4, 0.5) is 0 Å². The van der Waals surface area contributed by atoms with Gasteiger partial charge in [0, 0.05) is 6.42 Å². The van der Waals surface area contributed by atoms with Crippen LogP contribution in [0.2, 0.25) is 0 Å². The lowest BCUT2D eigenvalue weighted by atomic mass is 10.2. The molecule has 1 unspecified atom stereocenters. The number of nitrogens with two attached hydrogens (primary N) is 1. The number of hydrogen-bond donors (Lipinski definition) is 3. The van der Waals surface area contributed by atoms with Gasteiger partial charge in [0.1, 0.15) is 11.8 Å². The lowest BCUT2D eigenvalue weighted by Gasteiger charge is -2.13. The molecule has 1 aliphatic heterocycles. The van der Waals surface area contributed by atoms with Gasteiger partial charge in [-0.1, -0.05) is 0 Å². The molecule has 2 rings (SSSR count). The average Bonchev–Trinajstić information content (AvgIpc) is 2.84. The van der Waals surface area contributed by atoms with Gasteiger partial charge in [0.05, 0.1) is 17.9 Å². The summed E-state index contributed by atoms with van der Waals surface area (Å²) in [7, 11) is -4.07. The number of hydrogen-bond acceptors (Lipinski definition) is 5. The molecule has 0 spiro atoms. The highest BCUT2D eigenvalue weighted by molar-refractivity contribution is 7.89. The Morgan fingerprint density at radius 1 is 1.43 bits per heavy atom. The first-order valence-corrected chi connectivity index (χ1v) is 7.57. The van der Waals surface area contributed by atoms with Gasteiger partial charge >= 0.3 is 5.97 Å². The fourth-order valence-corrected chi connectivity index (χ4v) is 3.21.